The van der Waals surface area contributed by atoms with Crippen LogP contribution in [0.4, 0.5) is 0 Å². The first kappa shape index (κ1) is 22.4. The number of thioether (sulfide) groups is 2. The monoisotopic (exact) mass is 217 g/mol. The number of hydrogen-bond acceptors (Lipinski definition) is 4. The Hall–Kier alpha value is 0.797. The molecule has 0 rings (SSSR count). The van der Waals surface area contributed by atoms with Crippen LogP contribution in [0.1, 0.15) is 1.43 Å². The number of nitrogens with zero attached hydrogens (tertiary/aromatic N) is 2. The van der Waals surface area contributed by atoms with E-state index in [1.165, 1.54) is 0 Å². The molecule has 0 N–H and O–H groups in total. The van der Waals surface area contributed by atoms with Crippen molar-refractivity contribution in [1.82, 2.24) is 0 Å². The van der Waals surface area contributed by atoms with Gasteiger partial charge in [-0.05, 0) is 36.0 Å². The summed E-state index contributed by atoms with van der Waals surface area (Å²) >= 11 is 2.32. The van der Waals surface area contributed by atoms with Crippen LogP contribution in [0, 0.1) is 21.3 Å². The maximum absolute atomic E-state index is 7.59. The second kappa shape index (κ2) is 32.9. The van der Waals surface area contributed by atoms with Gasteiger partial charge in [-0.1, -0.05) is 0 Å². The zero-order valence-electron chi connectivity index (χ0n) is 7.01. The number of rotatable bonds is 0. The predicted octanol–water partition coefficient (Wildman–Crippen LogP) is -1.23. The van der Waals surface area contributed by atoms with Crippen molar-refractivity contribution in [3.63, 3.8) is 0 Å². The molecule has 0 aliphatic rings. The summed E-state index contributed by atoms with van der Waals surface area (Å²) in [6, 6.07) is 0. The zero-order valence-corrected chi connectivity index (χ0v) is 8.59. The summed E-state index contributed by atoms with van der Waals surface area (Å²) < 4.78 is 0. The van der Waals surface area contributed by atoms with E-state index in [9.17, 15) is 0 Å². The van der Waals surface area contributed by atoms with Crippen molar-refractivity contribution in [2.75, 3.05) is 12.5 Å². The molecular formula is C4H7CuLiN2S2. The summed E-state index contributed by atoms with van der Waals surface area (Å²) in [6.45, 7) is 0. The molecule has 10 heavy (non-hydrogen) atoms. The fraction of sp³-hybridized carbons (Fsp3) is 0.500. The standard InChI is InChI=1S/2C2H3NS.Cu.Li.H/c2*1-4-2-3;;;/h2*1H3;;;/q;;;+1;-1. The second-order valence-electron chi connectivity index (χ2n) is 0.591. The topological polar surface area (TPSA) is 47.6 Å². The van der Waals surface area contributed by atoms with Gasteiger partial charge in [0.25, 0.3) is 0 Å². The largest absolute Gasteiger partial charge is 1.00 e. The molecule has 0 amide bonds. The molecule has 0 atom stereocenters. The van der Waals surface area contributed by atoms with Crippen LogP contribution in [0.3, 0.4) is 0 Å². The normalized spacial score (nSPS) is 4.00. The van der Waals surface area contributed by atoms with Gasteiger partial charge in [-0.15, -0.1) is 0 Å². The first-order valence-electron chi connectivity index (χ1n) is 1.67. The quantitative estimate of drug-likeness (QED) is 0.377. The Morgan fingerprint density at radius 1 is 1.10 bits per heavy atom. The molecule has 0 fully saturated rings. The molecule has 0 aromatic heterocycles. The average molecular weight is 218 g/mol. The number of nitriles is 2. The molecule has 1 radical (unpaired) electrons. The van der Waals surface area contributed by atoms with Gasteiger partial charge in [0.15, 0.2) is 0 Å². The molecule has 0 saturated carbocycles. The summed E-state index contributed by atoms with van der Waals surface area (Å²) in [6.07, 6.45) is 3.47. The van der Waals surface area contributed by atoms with Crippen LogP contribution in [-0.4, -0.2) is 12.5 Å². The van der Waals surface area contributed by atoms with E-state index in [4.69, 9.17) is 10.5 Å². The van der Waals surface area contributed by atoms with Gasteiger partial charge in [-0.25, -0.2) is 0 Å². The molecule has 0 unspecified atom stereocenters. The minimum absolute atomic E-state index is 0. The molecule has 0 aromatic carbocycles. The van der Waals surface area contributed by atoms with Crippen LogP contribution < -0.4 is 18.9 Å². The Bertz CT molecular complexity index is 99.6. The van der Waals surface area contributed by atoms with Crippen LogP contribution in [0.5, 0.6) is 0 Å². The molecule has 2 nitrogen and oxygen atoms in total. The Balaban J connectivity index is -0.0000000171. The Morgan fingerprint density at radius 2 is 1.20 bits per heavy atom. The molecule has 0 aliphatic heterocycles. The molecule has 57 valence electrons. The maximum Gasteiger partial charge on any atom is 1.00 e. The smallest absolute Gasteiger partial charge is 1.00 e. The van der Waals surface area contributed by atoms with E-state index in [2.05, 4.69) is 0 Å². The van der Waals surface area contributed by atoms with Gasteiger partial charge in [0.2, 0.25) is 0 Å². The minimum atomic E-state index is 0. The van der Waals surface area contributed by atoms with Crippen molar-refractivity contribution in [2.45, 2.75) is 0 Å². The molecule has 0 saturated heterocycles. The predicted molar refractivity (Wildman–Crippen MR) is 39.4 cm³/mol. The van der Waals surface area contributed by atoms with Gasteiger partial charge in [0.05, 0.1) is 0 Å². The number of thiocyanates is 2. The minimum Gasteiger partial charge on any atom is -1.00 e. The Labute approximate surface area is 94.2 Å². The average Bonchev–Trinajstić information content (AvgIpc) is 1.88. The second-order valence-corrected chi connectivity index (χ2v) is 1.77. The fourth-order valence-corrected chi connectivity index (χ4v) is 0. The molecule has 0 heterocycles. The summed E-state index contributed by atoms with van der Waals surface area (Å²) in [5.74, 6) is 0. The van der Waals surface area contributed by atoms with Gasteiger partial charge >= 0.3 is 18.9 Å². The van der Waals surface area contributed by atoms with Gasteiger partial charge in [-0.3, -0.25) is 0 Å². The van der Waals surface area contributed by atoms with Crippen molar-refractivity contribution in [2.24, 2.45) is 0 Å². The van der Waals surface area contributed by atoms with Crippen LogP contribution in [0.15, 0.2) is 0 Å². The summed E-state index contributed by atoms with van der Waals surface area (Å²) in [5.41, 5.74) is 0. The first-order valence-corrected chi connectivity index (χ1v) is 4.12. The first-order chi connectivity index (χ1) is 3.83. The molecule has 0 bridgehead atoms. The van der Waals surface area contributed by atoms with Crippen molar-refractivity contribution < 1.29 is 37.4 Å². The summed E-state index contributed by atoms with van der Waals surface area (Å²) in [4.78, 5) is 0. The molecule has 0 spiro atoms. The Kier molecular flexibility index (Phi) is 73.9. The maximum atomic E-state index is 7.59. The Morgan fingerprint density at radius 3 is 1.20 bits per heavy atom. The summed E-state index contributed by atoms with van der Waals surface area (Å²) in [5, 5.41) is 18.9. The van der Waals surface area contributed by atoms with Gasteiger partial charge < -0.3 is 1.43 Å². The SMILES string of the molecule is CSC#N.CSC#N.[Cu].[H-].[Li+]. The third kappa shape index (κ3) is 68.4. The fourth-order valence-electron chi connectivity index (χ4n) is 0. The number of hydrogen-bond donors (Lipinski definition) is 0. The molecule has 0 aliphatic carbocycles. The van der Waals surface area contributed by atoms with Crippen molar-refractivity contribution >= 4 is 23.5 Å². The van der Waals surface area contributed by atoms with Crippen LogP contribution in [0.25, 0.3) is 0 Å². The zero-order chi connectivity index (χ0) is 6.83. The van der Waals surface area contributed by atoms with Crippen LogP contribution in [0.2, 0.25) is 0 Å². The van der Waals surface area contributed by atoms with E-state index in [1.807, 2.05) is 10.8 Å². The van der Waals surface area contributed by atoms with E-state index < -0.39 is 0 Å². The van der Waals surface area contributed by atoms with E-state index in [1.54, 1.807) is 12.5 Å². The van der Waals surface area contributed by atoms with Gasteiger partial charge in [0, 0.05) is 17.1 Å². The van der Waals surface area contributed by atoms with Crippen LogP contribution in [-0.2, 0) is 17.1 Å². The third-order valence-electron chi connectivity index (χ3n) is 0.183. The van der Waals surface area contributed by atoms with E-state index in [-0.39, 0.29) is 37.4 Å². The van der Waals surface area contributed by atoms with Crippen molar-refractivity contribution in [1.29, 1.82) is 10.5 Å². The van der Waals surface area contributed by atoms with Gasteiger partial charge in [0.1, 0.15) is 10.8 Å². The van der Waals surface area contributed by atoms with Crippen molar-refractivity contribution in [3.05, 3.63) is 0 Å². The third-order valence-corrected chi connectivity index (χ3v) is 0.548. The van der Waals surface area contributed by atoms with Crippen LogP contribution >= 0.6 is 23.5 Å². The molecular weight excluding hydrogens is 211 g/mol. The molecule has 6 heteroatoms. The summed E-state index contributed by atoms with van der Waals surface area (Å²) in [7, 11) is 0. The van der Waals surface area contributed by atoms with E-state index >= 15 is 0 Å². The molecule has 0 aromatic rings. The van der Waals surface area contributed by atoms with Crippen molar-refractivity contribution in [3.8, 4) is 10.8 Å². The van der Waals surface area contributed by atoms with Gasteiger partial charge in [-0.2, -0.15) is 10.5 Å². The van der Waals surface area contributed by atoms with E-state index in [0.29, 0.717) is 0 Å². The van der Waals surface area contributed by atoms with E-state index in [0.717, 1.165) is 23.5 Å².